The lowest BCUT2D eigenvalue weighted by Crippen LogP contribution is -2.55. The van der Waals surface area contributed by atoms with E-state index in [9.17, 15) is 4.79 Å². The van der Waals surface area contributed by atoms with Gasteiger partial charge in [-0.15, -0.1) is 0 Å². The van der Waals surface area contributed by atoms with Crippen LogP contribution in [0.25, 0.3) is 11.3 Å². The highest BCUT2D eigenvalue weighted by Gasteiger charge is 2.31. The highest BCUT2D eigenvalue weighted by molar-refractivity contribution is 5.74. The molecule has 4 heterocycles. The minimum absolute atomic E-state index is 0.115. The van der Waals surface area contributed by atoms with Crippen LogP contribution in [0.5, 0.6) is 11.5 Å². The molecule has 3 aromatic carbocycles. The van der Waals surface area contributed by atoms with Crippen molar-refractivity contribution >= 4 is 11.4 Å². The van der Waals surface area contributed by atoms with Crippen LogP contribution in [0.1, 0.15) is 29.7 Å². The van der Waals surface area contributed by atoms with Crippen molar-refractivity contribution < 1.29 is 9.47 Å². The number of fused-ring (bicyclic) bond motifs is 2. The molecule has 3 aliphatic rings. The van der Waals surface area contributed by atoms with Crippen molar-refractivity contribution in [2.45, 2.75) is 25.4 Å². The first kappa shape index (κ1) is 24.9. The minimum atomic E-state index is -0.115. The second-order valence-electron chi connectivity index (χ2n) is 11.0. The predicted molar refractivity (Wildman–Crippen MR) is 159 cm³/mol. The van der Waals surface area contributed by atoms with Crippen LogP contribution < -0.4 is 20.5 Å². The second kappa shape index (κ2) is 10.5. The first-order valence-corrected chi connectivity index (χ1v) is 14.2. The smallest absolute Gasteiger partial charge is 0.250 e. The van der Waals surface area contributed by atoms with E-state index in [1.807, 2.05) is 12.1 Å². The maximum Gasteiger partial charge on any atom is 0.250 e. The van der Waals surface area contributed by atoms with Gasteiger partial charge in [0.15, 0.2) is 0 Å². The van der Waals surface area contributed by atoms with Gasteiger partial charge < -0.3 is 24.7 Å². The van der Waals surface area contributed by atoms with E-state index in [-0.39, 0.29) is 5.56 Å². The van der Waals surface area contributed by atoms with Crippen LogP contribution >= 0.6 is 0 Å². The van der Waals surface area contributed by atoms with E-state index in [1.54, 1.807) is 6.07 Å². The lowest BCUT2D eigenvalue weighted by Gasteiger charge is -2.44. The summed E-state index contributed by atoms with van der Waals surface area (Å²) in [6.45, 7) is 7.23. The third-order valence-corrected chi connectivity index (χ3v) is 8.36. The number of likely N-dealkylation sites (tertiary alicyclic amines) is 1. The molecule has 1 aromatic heterocycles. The Labute approximate surface area is 234 Å². The molecule has 0 bridgehead atoms. The SMILES string of the molecule is CC(c1ccccc1)N1CC(Nc2ccc3c(c2)Cc2cccc(-c4cc(N5CCOCC5)cc(=O)[nH]4)c2O3)C1. The molecule has 1 unspecified atom stereocenters. The lowest BCUT2D eigenvalue weighted by molar-refractivity contribution is 0.112. The van der Waals surface area contributed by atoms with Gasteiger partial charge in [0.2, 0.25) is 5.56 Å². The number of para-hydroxylation sites is 1. The number of rotatable bonds is 6. The average Bonchev–Trinajstić information content (AvgIpc) is 2.97. The Bertz CT molecular complexity index is 1570. The lowest BCUT2D eigenvalue weighted by atomic mass is 9.95. The van der Waals surface area contributed by atoms with Gasteiger partial charge in [-0.3, -0.25) is 9.69 Å². The summed E-state index contributed by atoms with van der Waals surface area (Å²) in [5.41, 5.74) is 7.25. The van der Waals surface area contributed by atoms with E-state index in [2.05, 4.69) is 87.7 Å². The molecule has 0 saturated carbocycles. The number of aromatic amines is 1. The molecule has 0 aliphatic carbocycles. The Morgan fingerprint density at radius 2 is 1.75 bits per heavy atom. The van der Waals surface area contributed by atoms with E-state index >= 15 is 0 Å². The fourth-order valence-corrected chi connectivity index (χ4v) is 6.05. The number of hydrogen-bond acceptors (Lipinski definition) is 6. The molecule has 2 saturated heterocycles. The largest absolute Gasteiger partial charge is 0.456 e. The topological polar surface area (TPSA) is 69.8 Å². The predicted octanol–water partition coefficient (Wildman–Crippen LogP) is 5.43. The second-order valence-corrected chi connectivity index (χ2v) is 11.0. The van der Waals surface area contributed by atoms with E-state index in [4.69, 9.17) is 9.47 Å². The number of nitrogens with one attached hydrogen (secondary N) is 2. The molecule has 7 nitrogen and oxygen atoms in total. The molecule has 0 spiro atoms. The molecule has 4 aromatic rings. The van der Waals surface area contributed by atoms with E-state index in [1.165, 1.54) is 11.1 Å². The van der Waals surface area contributed by atoms with Crippen molar-refractivity contribution in [3.63, 3.8) is 0 Å². The highest BCUT2D eigenvalue weighted by Crippen LogP contribution is 2.43. The van der Waals surface area contributed by atoms with Crippen molar-refractivity contribution in [2.75, 3.05) is 49.6 Å². The Kier molecular flexibility index (Phi) is 6.54. The summed E-state index contributed by atoms with van der Waals surface area (Å²) in [6, 6.07) is 27.8. The number of ether oxygens (including phenoxy) is 2. The standard InChI is InChI=1S/C33H34N4O3/c1-22(23-6-3-2-4-7-23)37-20-27(21-37)34-26-10-11-31-25(17-26)16-24-8-5-9-29(33(24)40-31)30-18-28(19-32(38)35-30)36-12-14-39-15-13-36/h2-11,17-19,22,27,34H,12-16,20-21H2,1H3,(H,35,38). The zero-order valence-electron chi connectivity index (χ0n) is 22.7. The summed E-state index contributed by atoms with van der Waals surface area (Å²) in [4.78, 5) is 20.4. The van der Waals surface area contributed by atoms with Crippen molar-refractivity contribution in [3.8, 4) is 22.8 Å². The fourth-order valence-electron chi connectivity index (χ4n) is 6.05. The van der Waals surface area contributed by atoms with Crippen LogP contribution in [-0.4, -0.2) is 55.3 Å². The number of benzene rings is 3. The molecule has 2 N–H and O–H groups in total. The van der Waals surface area contributed by atoms with E-state index in [0.29, 0.717) is 25.3 Å². The van der Waals surface area contributed by atoms with Crippen LogP contribution in [-0.2, 0) is 11.2 Å². The maximum atomic E-state index is 12.6. The van der Waals surface area contributed by atoms with Crippen molar-refractivity contribution in [1.29, 1.82) is 0 Å². The summed E-state index contributed by atoms with van der Waals surface area (Å²) in [6.07, 6.45) is 0.781. The molecule has 40 heavy (non-hydrogen) atoms. The fraction of sp³-hybridized carbons (Fsp3) is 0.303. The molecule has 3 aliphatic heterocycles. The van der Waals surface area contributed by atoms with Crippen LogP contribution in [0.4, 0.5) is 11.4 Å². The summed E-state index contributed by atoms with van der Waals surface area (Å²) in [5, 5.41) is 3.72. The molecular weight excluding hydrogens is 500 g/mol. The van der Waals surface area contributed by atoms with Gasteiger partial charge in [0.1, 0.15) is 11.5 Å². The number of aromatic nitrogens is 1. The number of hydrogen-bond donors (Lipinski definition) is 2. The number of H-pyrrole nitrogens is 1. The summed E-state index contributed by atoms with van der Waals surface area (Å²) >= 11 is 0. The zero-order chi connectivity index (χ0) is 27.1. The Morgan fingerprint density at radius 3 is 2.58 bits per heavy atom. The van der Waals surface area contributed by atoms with Crippen LogP contribution in [0, 0.1) is 0 Å². The van der Waals surface area contributed by atoms with Gasteiger partial charge in [-0.25, -0.2) is 0 Å². The van der Waals surface area contributed by atoms with Crippen molar-refractivity contribution in [2.24, 2.45) is 0 Å². The number of anilines is 2. The Hall–Kier alpha value is -4.07. The van der Waals surface area contributed by atoms with Crippen molar-refractivity contribution in [1.82, 2.24) is 9.88 Å². The molecular formula is C33H34N4O3. The van der Waals surface area contributed by atoms with Gasteiger partial charge in [-0.05, 0) is 48.4 Å². The maximum absolute atomic E-state index is 12.6. The Balaban J connectivity index is 1.07. The molecule has 204 valence electrons. The molecule has 1 atom stereocenters. The van der Waals surface area contributed by atoms with Gasteiger partial charge in [0.05, 0.1) is 24.9 Å². The third kappa shape index (κ3) is 4.87. The molecule has 0 amide bonds. The average molecular weight is 535 g/mol. The van der Waals surface area contributed by atoms with Gasteiger partial charge in [0, 0.05) is 67.2 Å². The van der Waals surface area contributed by atoms with E-state index in [0.717, 1.165) is 72.3 Å². The number of nitrogens with zero attached hydrogens (tertiary/aromatic N) is 2. The van der Waals surface area contributed by atoms with Crippen LogP contribution in [0.15, 0.2) is 83.7 Å². The van der Waals surface area contributed by atoms with Crippen LogP contribution in [0.3, 0.4) is 0 Å². The molecule has 2 fully saturated rings. The number of pyridine rings is 1. The summed E-state index contributed by atoms with van der Waals surface area (Å²) in [7, 11) is 0. The normalized spacial score (nSPS) is 17.8. The van der Waals surface area contributed by atoms with Gasteiger partial charge in [0.25, 0.3) is 0 Å². The quantitative estimate of drug-likeness (QED) is 0.303. The molecule has 7 rings (SSSR count). The first-order valence-electron chi connectivity index (χ1n) is 14.2. The monoisotopic (exact) mass is 534 g/mol. The highest BCUT2D eigenvalue weighted by atomic mass is 16.5. The third-order valence-electron chi connectivity index (χ3n) is 8.36. The van der Waals surface area contributed by atoms with E-state index < -0.39 is 0 Å². The summed E-state index contributed by atoms with van der Waals surface area (Å²) < 4.78 is 12.0. The first-order chi connectivity index (χ1) is 19.6. The van der Waals surface area contributed by atoms with Gasteiger partial charge in [-0.2, -0.15) is 0 Å². The summed E-state index contributed by atoms with van der Waals surface area (Å²) in [5.74, 6) is 1.68. The van der Waals surface area contributed by atoms with Crippen molar-refractivity contribution in [3.05, 3.63) is 106 Å². The Morgan fingerprint density at radius 1 is 0.925 bits per heavy atom. The zero-order valence-corrected chi connectivity index (χ0v) is 22.7. The minimum Gasteiger partial charge on any atom is -0.456 e. The van der Waals surface area contributed by atoms with Gasteiger partial charge in [-0.1, -0.05) is 42.5 Å². The molecule has 0 radical (unpaired) electrons. The number of morpholine rings is 1. The van der Waals surface area contributed by atoms with Gasteiger partial charge >= 0.3 is 0 Å². The van der Waals surface area contributed by atoms with Crippen LogP contribution in [0.2, 0.25) is 0 Å². The molecule has 7 heteroatoms.